The van der Waals surface area contributed by atoms with Gasteiger partial charge in [-0.1, -0.05) is 0 Å². The molecule has 0 unspecified atom stereocenters. The summed E-state index contributed by atoms with van der Waals surface area (Å²) in [6.45, 7) is 2.17. The lowest BCUT2D eigenvalue weighted by Gasteiger charge is -1.98. The number of nitrogens with two attached hydrogens (primary N) is 1. The maximum absolute atomic E-state index is 12.8. The zero-order valence-electron chi connectivity index (χ0n) is 9.72. The number of carboxylic acids is 1. The number of anilines is 1. The first kappa shape index (κ1) is 12.1. The molecule has 3 N–H and O–H groups in total. The largest absolute Gasteiger partial charge is 0.476 e. The molecule has 0 saturated carbocycles. The molecule has 0 atom stereocenters. The molecular formula is C12H12FN3O2. The first-order valence-corrected chi connectivity index (χ1v) is 5.40. The Hall–Kier alpha value is -2.37. The molecule has 5 nitrogen and oxygen atoms in total. The number of carboxylic acid groups (broad SMARTS) is 1. The molecule has 0 spiro atoms. The second-order valence-electron chi connectivity index (χ2n) is 3.74. The van der Waals surface area contributed by atoms with Crippen LogP contribution in [0.1, 0.15) is 17.4 Å². The molecule has 6 heteroatoms. The average Bonchev–Trinajstić information content (AvgIpc) is 2.67. The van der Waals surface area contributed by atoms with Crippen molar-refractivity contribution in [1.82, 2.24) is 9.78 Å². The van der Waals surface area contributed by atoms with Crippen molar-refractivity contribution in [3.05, 3.63) is 35.8 Å². The lowest BCUT2D eigenvalue weighted by atomic mass is 10.1. The van der Waals surface area contributed by atoms with Crippen LogP contribution >= 0.6 is 0 Å². The number of aryl methyl sites for hydroxylation is 1. The van der Waals surface area contributed by atoms with E-state index in [4.69, 9.17) is 10.8 Å². The fourth-order valence-corrected chi connectivity index (χ4v) is 1.75. The lowest BCUT2D eigenvalue weighted by molar-refractivity contribution is 0.0684. The van der Waals surface area contributed by atoms with E-state index in [2.05, 4.69) is 5.10 Å². The van der Waals surface area contributed by atoms with E-state index in [9.17, 15) is 9.18 Å². The monoisotopic (exact) mass is 249 g/mol. The molecular weight excluding hydrogens is 237 g/mol. The highest BCUT2D eigenvalue weighted by Crippen LogP contribution is 2.28. The Morgan fingerprint density at radius 2 is 2.06 bits per heavy atom. The summed E-state index contributed by atoms with van der Waals surface area (Å²) in [5.74, 6) is -1.50. The third-order valence-corrected chi connectivity index (χ3v) is 2.61. The van der Waals surface area contributed by atoms with Gasteiger partial charge in [-0.25, -0.2) is 9.18 Å². The molecule has 0 radical (unpaired) electrons. The molecule has 2 rings (SSSR count). The number of aromatic carboxylic acids is 1. The van der Waals surface area contributed by atoms with Crippen LogP contribution in [0.2, 0.25) is 0 Å². The van der Waals surface area contributed by atoms with Crippen molar-refractivity contribution >= 4 is 11.7 Å². The number of nitrogens with zero attached hydrogens (tertiary/aromatic N) is 2. The highest BCUT2D eigenvalue weighted by molar-refractivity contribution is 5.96. The molecule has 1 heterocycles. The van der Waals surface area contributed by atoms with Gasteiger partial charge in [-0.05, 0) is 31.2 Å². The van der Waals surface area contributed by atoms with Gasteiger partial charge in [0.2, 0.25) is 0 Å². The van der Waals surface area contributed by atoms with Crippen LogP contribution in [0.15, 0.2) is 24.3 Å². The summed E-state index contributed by atoms with van der Waals surface area (Å²) in [5, 5.41) is 13.2. The van der Waals surface area contributed by atoms with E-state index < -0.39 is 5.97 Å². The van der Waals surface area contributed by atoms with E-state index in [0.29, 0.717) is 17.8 Å². The smallest absolute Gasteiger partial charge is 0.356 e. The van der Waals surface area contributed by atoms with E-state index >= 15 is 0 Å². The molecule has 0 bridgehead atoms. The Morgan fingerprint density at radius 3 is 2.50 bits per heavy atom. The fourth-order valence-electron chi connectivity index (χ4n) is 1.75. The quantitative estimate of drug-likeness (QED) is 0.871. The Kier molecular flexibility index (Phi) is 3.01. The summed E-state index contributed by atoms with van der Waals surface area (Å²) in [6, 6.07) is 5.58. The van der Waals surface area contributed by atoms with Gasteiger partial charge in [-0.15, -0.1) is 0 Å². The Labute approximate surface area is 103 Å². The van der Waals surface area contributed by atoms with E-state index in [1.807, 2.05) is 0 Å². The van der Waals surface area contributed by atoms with Crippen molar-refractivity contribution in [2.45, 2.75) is 13.5 Å². The lowest BCUT2D eigenvalue weighted by Crippen LogP contribution is -2.10. The van der Waals surface area contributed by atoms with Crippen LogP contribution in [-0.2, 0) is 6.54 Å². The summed E-state index contributed by atoms with van der Waals surface area (Å²) < 4.78 is 14.1. The summed E-state index contributed by atoms with van der Waals surface area (Å²) in [6.07, 6.45) is 0. The van der Waals surface area contributed by atoms with Crippen molar-refractivity contribution in [2.75, 3.05) is 5.73 Å². The molecule has 18 heavy (non-hydrogen) atoms. The van der Waals surface area contributed by atoms with Crippen LogP contribution < -0.4 is 5.73 Å². The minimum Gasteiger partial charge on any atom is -0.476 e. The van der Waals surface area contributed by atoms with Gasteiger partial charge in [0, 0.05) is 12.1 Å². The molecule has 0 aliphatic carbocycles. The number of rotatable bonds is 3. The zero-order chi connectivity index (χ0) is 13.3. The summed E-state index contributed by atoms with van der Waals surface area (Å²) in [4.78, 5) is 11.1. The third-order valence-electron chi connectivity index (χ3n) is 2.61. The molecule has 0 amide bonds. The fraction of sp³-hybridized carbons (Fsp3) is 0.167. The minimum atomic E-state index is -1.13. The molecule has 0 fully saturated rings. The van der Waals surface area contributed by atoms with E-state index in [0.717, 1.165) is 0 Å². The van der Waals surface area contributed by atoms with Crippen LogP contribution in [-0.4, -0.2) is 20.9 Å². The van der Waals surface area contributed by atoms with Gasteiger partial charge in [0.1, 0.15) is 11.5 Å². The number of halogens is 1. The second kappa shape index (κ2) is 4.48. The van der Waals surface area contributed by atoms with Gasteiger partial charge < -0.3 is 10.8 Å². The van der Waals surface area contributed by atoms with Gasteiger partial charge >= 0.3 is 5.97 Å². The summed E-state index contributed by atoms with van der Waals surface area (Å²) >= 11 is 0. The van der Waals surface area contributed by atoms with E-state index in [1.54, 1.807) is 6.92 Å². The predicted octanol–water partition coefficient (Wildman–Crippen LogP) is 1.99. The topological polar surface area (TPSA) is 81.1 Å². The first-order chi connectivity index (χ1) is 8.54. The van der Waals surface area contributed by atoms with Crippen molar-refractivity contribution in [2.24, 2.45) is 0 Å². The molecule has 2 aromatic rings. The maximum atomic E-state index is 12.8. The molecule has 1 aromatic heterocycles. The number of aromatic nitrogens is 2. The highest BCUT2D eigenvalue weighted by Gasteiger charge is 2.21. The number of nitrogen functional groups attached to an aromatic ring is 1. The van der Waals surface area contributed by atoms with Crippen LogP contribution in [0.4, 0.5) is 10.1 Å². The highest BCUT2D eigenvalue weighted by atomic mass is 19.1. The van der Waals surface area contributed by atoms with Crippen molar-refractivity contribution in [3.8, 4) is 11.3 Å². The minimum absolute atomic E-state index is 0.0446. The molecule has 0 aliphatic heterocycles. The Morgan fingerprint density at radius 1 is 1.44 bits per heavy atom. The van der Waals surface area contributed by atoms with Crippen molar-refractivity contribution in [1.29, 1.82) is 0 Å². The second-order valence-corrected chi connectivity index (χ2v) is 3.74. The normalized spacial score (nSPS) is 10.6. The average molecular weight is 249 g/mol. The summed E-state index contributed by atoms with van der Waals surface area (Å²) in [5.41, 5.74) is 6.78. The van der Waals surface area contributed by atoms with Crippen LogP contribution in [0.25, 0.3) is 11.3 Å². The van der Waals surface area contributed by atoms with Gasteiger partial charge in [-0.3, -0.25) is 4.68 Å². The Balaban J connectivity index is 2.59. The van der Waals surface area contributed by atoms with Crippen molar-refractivity contribution in [3.63, 3.8) is 0 Å². The van der Waals surface area contributed by atoms with E-state index in [-0.39, 0.29) is 17.2 Å². The summed E-state index contributed by atoms with van der Waals surface area (Å²) in [7, 11) is 0. The SMILES string of the molecule is CCn1nc(-c2ccc(F)cc2)c(N)c1C(=O)O. The van der Waals surface area contributed by atoms with Crippen molar-refractivity contribution < 1.29 is 14.3 Å². The number of carbonyl (C=O) groups is 1. The molecule has 94 valence electrons. The number of hydrogen-bond donors (Lipinski definition) is 2. The molecule has 0 aliphatic rings. The first-order valence-electron chi connectivity index (χ1n) is 5.40. The number of hydrogen-bond acceptors (Lipinski definition) is 3. The maximum Gasteiger partial charge on any atom is 0.356 e. The van der Waals surface area contributed by atoms with Crippen LogP contribution in [0.3, 0.4) is 0 Å². The standard InChI is InChI=1S/C12H12FN3O2/c1-2-16-11(12(17)18)9(14)10(15-16)7-3-5-8(13)6-4-7/h3-6H,2,14H2,1H3,(H,17,18). The van der Waals surface area contributed by atoms with Gasteiger partial charge in [-0.2, -0.15) is 5.10 Å². The zero-order valence-corrected chi connectivity index (χ0v) is 9.72. The van der Waals surface area contributed by atoms with Crippen LogP contribution in [0, 0.1) is 5.82 Å². The van der Waals surface area contributed by atoms with Crippen LogP contribution in [0.5, 0.6) is 0 Å². The molecule has 1 aromatic carbocycles. The number of benzene rings is 1. The van der Waals surface area contributed by atoms with Gasteiger partial charge in [0.05, 0.1) is 5.69 Å². The van der Waals surface area contributed by atoms with E-state index in [1.165, 1.54) is 28.9 Å². The Bertz CT molecular complexity index is 590. The van der Waals surface area contributed by atoms with Gasteiger partial charge in [0.15, 0.2) is 5.69 Å². The third kappa shape index (κ3) is 1.92. The predicted molar refractivity (Wildman–Crippen MR) is 64.7 cm³/mol. The molecule has 0 saturated heterocycles. The van der Waals surface area contributed by atoms with Gasteiger partial charge in [0.25, 0.3) is 0 Å².